The van der Waals surface area contributed by atoms with Gasteiger partial charge in [-0.3, -0.25) is 18.7 Å². The lowest BCUT2D eigenvalue weighted by molar-refractivity contribution is -0.145. The fourth-order valence-electron chi connectivity index (χ4n) is 4.50. The second kappa shape index (κ2) is 14.4. The third kappa shape index (κ3) is 8.58. The molecule has 1 aromatic heterocycles. The number of allylic oxidation sites excluding steroid dienone is 2. The highest BCUT2D eigenvalue weighted by atomic mass is 31.2. The number of halogens is 1. The van der Waals surface area contributed by atoms with Gasteiger partial charge in [0.1, 0.15) is 29.8 Å². The van der Waals surface area contributed by atoms with Gasteiger partial charge in [-0.25, -0.2) is 13.8 Å². The number of alkyl halides is 1. The van der Waals surface area contributed by atoms with E-state index < -0.39 is 56.2 Å². The van der Waals surface area contributed by atoms with Crippen LogP contribution in [-0.4, -0.2) is 63.7 Å². The molecule has 4 bridgehead atoms. The molecule has 234 valence electrons. The van der Waals surface area contributed by atoms with E-state index in [2.05, 4.69) is 15.4 Å². The molecule has 1 saturated heterocycles. The van der Waals surface area contributed by atoms with E-state index in [1.807, 2.05) is 12.2 Å². The quantitative estimate of drug-likeness (QED) is 0.255. The number of hydrogen-bond donors (Lipinski definition) is 3. The van der Waals surface area contributed by atoms with Crippen molar-refractivity contribution in [1.82, 2.24) is 14.6 Å². The fourth-order valence-corrected chi connectivity index (χ4v) is 6.01. The van der Waals surface area contributed by atoms with Gasteiger partial charge in [-0.05, 0) is 57.7 Å². The number of nitrogens with zero attached hydrogens (tertiary/aromatic N) is 2. The Labute approximate surface area is 248 Å². The van der Waals surface area contributed by atoms with Crippen molar-refractivity contribution in [3.8, 4) is 5.75 Å². The molecule has 13 nitrogen and oxygen atoms in total. The van der Waals surface area contributed by atoms with Gasteiger partial charge in [0.2, 0.25) is 5.91 Å². The Morgan fingerprint density at radius 2 is 1.86 bits per heavy atom. The molecule has 5 rings (SSSR count). The molecular formula is C28H36FN4O9P. The van der Waals surface area contributed by atoms with Gasteiger partial charge in [0.15, 0.2) is 11.9 Å². The standard InChI is InChI=1S/C28H36FN4O9P/c1-19-25(36)39-17-11-6-4-3-5-10-14-23(34)30-22-15-16-33(27(37)31-22)26-28(2,29)24(35)21(41-26)18-40-43(38,32-19)42-20-12-8-7-9-13-20/h3-4,7-9,12-13,15-16,19,21,24,26,35H,5-6,10-11,14,17-18H2,1-2H3,(H,32,38)(H,30,31,34,37)/t19-,21?,24+,26?,28+,43-/m0/s1. The summed E-state index contributed by atoms with van der Waals surface area (Å²) in [6.45, 7) is 1.94. The highest BCUT2D eigenvalue weighted by Gasteiger charge is 2.56. The third-order valence-corrected chi connectivity index (χ3v) is 8.49. The predicted molar refractivity (Wildman–Crippen MR) is 153 cm³/mol. The van der Waals surface area contributed by atoms with Crippen molar-refractivity contribution in [1.29, 1.82) is 0 Å². The molecule has 3 N–H and O–H groups in total. The van der Waals surface area contributed by atoms with Gasteiger partial charge in [0.25, 0.3) is 0 Å². The number of nitrogens with one attached hydrogen (secondary N) is 2. The summed E-state index contributed by atoms with van der Waals surface area (Å²) in [4.78, 5) is 41.5. The number of hydrogen-bond acceptors (Lipinski definition) is 10. The van der Waals surface area contributed by atoms with E-state index in [0.717, 1.165) is 11.5 Å². The van der Waals surface area contributed by atoms with Crippen molar-refractivity contribution < 1.29 is 42.2 Å². The molecule has 43 heavy (non-hydrogen) atoms. The smallest absolute Gasteiger partial charge is 0.459 e. The number of carbonyl (C=O) groups is 2. The summed E-state index contributed by atoms with van der Waals surface area (Å²) in [6.07, 6.45) is 2.75. The first-order valence-corrected chi connectivity index (χ1v) is 15.5. The van der Waals surface area contributed by atoms with E-state index in [9.17, 15) is 24.1 Å². The van der Waals surface area contributed by atoms with Gasteiger partial charge in [-0.15, -0.1) is 0 Å². The zero-order chi connectivity index (χ0) is 31.0. The highest BCUT2D eigenvalue weighted by molar-refractivity contribution is 7.52. The molecule has 0 radical (unpaired) electrons. The Bertz CT molecular complexity index is 1400. The zero-order valence-corrected chi connectivity index (χ0v) is 24.8. The van der Waals surface area contributed by atoms with Crippen LogP contribution in [0.2, 0.25) is 0 Å². The molecule has 0 saturated carbocycles. The van der Waals surface area contributed by atoms with E-state index in [4.69, 9.17) is 18.5 Å². The molecule has 0 spiro atoms. The Kier molecular flexibility index (Phi) is 10.9. The Hall–Kier alpha value is -3.42. The molecule has 15 heteroatoms. The van der Waals surface area contributed by atoms with E-state index in [1.54, 1.807) is 18.2 Å². The zero-order valence-electron chi connectivity index (χ0n) is 23.9. The van der Waals surface area contributed by atoms with Crippen LogP contribution < -0.4 is 20.6 Å². The molecule has 6 atom stereocenters. The number of esters is 1. The lowest BCUT2D eigenvalue weighted by Crippen LogP contribution is -2.43. The third-order valence-electron chi connectivity index (χ3n) is 6.85. The largest absolute Gasteiger partial charge is 0.465 e. The van der Waals surface area contributed by atoms with Gasteiger partial charge in [-0.2, -0.15) is 10.1 Å². The van der Waals surface area contributed by atoms with Crippen LogP contribution in [0.25, 0.3) is 0 Å². The molecule has 4 heterocycles. The van der Waals surface area contributed by atoms with E-state index in [0.29, 0.717) is 25.7 Å². The lowest BCUT2D eigenvalue weighted by Gasteiger charge is -2.25. The number of aromatic nitrogens is 2. The summed E-state index contributed by atoms with van der Waals surface area (Å²) in [7, 11) is -4.34. The van der Waals surface area contributed by atoms with Crippen LogP contribution in [0.5, 0.6) is 5.75 Å². The number of ether oxygens (including phenoxy) is 2. The van der Waals surface area contributed by atoms with Crippen molar-refractivity contribution in [3.63, 3.8) is 0 Å². The first-order valence-electron chi connectivity index (χ1n) is 14.0. The average Bonchev–Trinajstić information content (AvgIpc) is 3.18. The maximum Gasteiger partial charge on any atom is 0.459 e. The maximum atomic E-state index is 15.8. The van der Waals surface area contributed by atoms with Gasteiger partial charge >= 0.3 is 19.4 Å². The minimum Gasteiger partial charge on any atom is -0.465 e. The van der Waals surface area contributed by atoms with E-state index in [-0.39, 0.29) is 30.5 Å². The molecule has 3 aliphatic heterocycles. The highest BCUT2D eigenvalue weighted by Crippen LogP contribution is 2.47. The number of aliphatic hydroxyl groups is 1. The maximum absolute atomic E-state index is 15.8. The van der Waals surface area contributed by atoms with E-state index >= 15 is 4.39 Å². The first-order chi connectivity index (χ1) is 20.5. The van der Waals surface area contributed by atoms with Crippen molar-refractivity contribution >= 4 is 25.4 Å². The van der Waals surface area contributed by atoms with Crippen LogP contribution in [0.4, 0.5) is 10.2 Å². The molecule has 1 amide bonds. The van der Waals surface area contributed by atoms with Crippen molar-refractivity contribution in [2.24, 2.45) is 0 Å². The summed E-state index contributed by atoms with van der Waals surface area (Å²) in [5.41, 5.74) is -3.43. The Morgan fingerprint density at radius 3 is 2.58 bits per heavy atom. The number of para-hydroxylation sites is 1. The van der Waals surface area contributed by atoms with Crippen LogP contribution in [0.3, 0.4) is 0 Å². The normalized spacial score (nSPS) is 31.5. The summed E-state index contributed by atoms with van der Waals surface area (Å²) < 4.78 is 52.6. The minimum atomic E-state index is -4.34. The number of anilines is 1. The van der Waals surface area contributed by atoms with Crippen LogP contribution in [-0.2, 0) is 28.2 Å². The van der Waals surface area contributed by atoms with Crippen molar-refractivity contribution in [2.75, 3.05) is 18.5 Å². The summed E-state index contributed by atoms with van der Waals surface area (Å²) >= 11 is 0. The number of benzene rings is 1. The fraction of sp³-hybridized carbons (Fsp3) is 0.500. The summed E-state index contributed by atoms with van der Waals surface area (Å²) in [5.74, 6) is -0.896. The topological polar surface area (TPSA) is 167 Å². The summed E-state index contributed by atoms with van der Waals surface area (Å²) in [5, 5.41) is 15.9. The van der Waals surface area contributed by atoms with Crippen molar-refractivity contribution in [3.05, 3.63) is 65.2 Å². The Balaban J connectivity index is 1.58. The second-order valence-electron chi connectivity index (χ2n) is 10.4. The van der Waals surface area contributed by atoms with Gasteiger partial charge in [0.05, 0.1) is 13.2 Å². The monoisotopic (exact) mass is 622 g/mol. The molecule has 0 aliphatic carbocycles. The summed E-state index contributed by atoms with van der Waals surface area (Å²) in [6, 6.07) is 8.23. The van der Waals surface area contributed by atoms with Crippen LogP contribution in [0, 0.1) is 0 Å². The van der Waals surface area contributed by atoms with Crippen LogP contribution >= 0.6 is 7.75 Å². The van der Waals surface area contributed by atoms with Gasteiger partial charge < -0.3 is 24.4 Å². The first kappa shape index (κ1) is 32.5. The number of rotatable bonds is 2. The molecule has 2 unspecified atom stereocenters. The van der Waals surface area contributed by atoms with Crippen LogP contribution in [0.1, 0.15) is 52.2 Å². The second-order valence-corrected chi connectivity index (χ2v) is 12.1. The van der Waals surface area contributed by atoms with Crippen molar-refractivity contribution in [2.45, 2.75) is 76.1 Å². The van der Waals surface area contributed by atoms with Crippen LogP contribution in [0.15, 0.2) is 59.5 Å². The number of aliphatic hydroxyl groups excluding tert-OH is 1. The Morgan fingerprint density at radius 1 is 1.14 bits per heavy atom. The molecule has 1 fully saturated rings. The molecule has 3 aliphatic rings. The SMILES string of the molecule is C[C@@H]1N[P@@](=O)(Oc2ccccc2)OCC2OC(n3ccc(nc3=O)NC(=O)CCCC=CCCCOC1=O)[C@](C)(F)[C@@H]2O. The lowest BCUT2D eigenvalue weighted by atomic mass is 9.98. The van der Waals surface area contributed by atoms with Gasteiger partial charge in [0, 0.05) is 12.6 Å². The minimum absolute atomic E-state index is 0.0102. The number of carbonyl (C=O) groups excluding carboxylic acids is 2. The van der Waals surface area contributed by atoms with E-state index in [1.165, 1.54) is 31.3 Å². The number of fused-ring (bicyclic) bond motifs is 17. The molecular weight excluding hydrogens is 586 g/mol. The molecule has 1 aromatic carbocycles. The molecule has 2 aromatic rings. The number of amides is 1. The van der Waals surface area contributed by atoms with Gasteiger partial charge in [-0.1, -0.05) is 30.4 Å². The average molecular weight is 623 g/mol. The predicted octanol–water partition coefficient (Wildman–Crippen LogP) is 3.41.